The van der Waals surface area contributed by atoms with Crippen LogP contribution in [0.3, 0.4) is 0 Å². The van der Waals surface area contributed by atoms with Crippen molar-refractivity contribution in [1.29, 1.82) is 5.26 Å². The number of hydrogen-bond donors (Lipinski definition) is 1. The van der Waals surface area contributed by atoms with Gasteiger partial charge in [-0.15, -0.1) is 5.10 Å². The molecule has 7 nitrogen and oxygen atoms in total. The lowest BCUT2D eigenvalue weighted by atomic mass is 10.2. The molecule has 23 heavy (non-hydrogen) atoms. The predicted molar refractivity (Wildman–Crippen MR) is 89.0 cm³/mol. The van der Waals surface area contributed by atoms with Crippen molar-refractivity contribution in [2.45, 2.75) is 12.8 Å². The van der Waals surface area contributed by atoms with Gasteiger partial charge in [-0.05, 0) is 30.2 Å². The number of hydrogen-bond acceptors (Lipinski definition) is 7. The molecule has 1 aliphatic heterocycles. The average molecular weight is 332 g/mol. The summed E-state index contributed by atoms with van der Waals surface area (Å²) in [4.78, 5) is 11.0. The quantitative estimate of drug-likeness (QED) is 0.467. The lowest BCUT2D eigenvalue weighted by molar-refractivity contribution is -0.116. The third-order valence-corrected chi connectivity index (χ3v) is 3.68. The number of amides is 1. The number of ether oxygens (including phenoxy) is 2. The molecule has 120 valence electrons. The first-order valence-corrected chi connectivity index (χ1v) is 7.93. The Labute approximate surface area is 138 Å². The van der Waals surface area contributed by atoms with Crippen LogP contribution in [0.2, 0.25) is 0 Å². The number of carbonyl (C=O) groups excluding carboxylic acids is 1. The van der Waals surface area contributed by atoms with Gasteiger partial charge in [-0.1, -0.05) is 11.8 Å². The van der Waals surface area contributed by atoms with E-state index in [0.29, 0.717) is 41.9 Å². The van der Waals surface area contributed by atoms with Gasteiger partial charge in [-0.2, -0.15) is 10.4 Å². The van der Waals surface area contributed by atoms with Gasteiger partial charge in [0.1, 0.15) is 0 Å². The minimum Gasteiger partial charge on any atom is -0.493 e. The van der Waals surface area contributed by atoms with Crippen molar-refractivity contribution in [3.8, 4) is 17.6 Å². The number of thioether (sulfide) groups is 1. The van der Waals surface area contributed by atoms with Crippen LogP contribution in [0.5, 0.6) is 11.5 Å². The van der Waals surface area contributed by atoms with Gasteiger partial charge < -0.3 is 14.8 Å². The number of carbonyl (C=O) groups is 1. The summed E-state index contributed by atoms with van der Waals surface area (Å²) >= 11 is 1.32. The fourth-order valence-electron chi connectivity index (χ4n) is 1.75. The van der Waals surface area contributed by atoms with Crippen LogP contribution in [0.15, 0.2) is 28.4 Å². The number of nitrogens with zero attached hydrogens (tertiary/aromatic N) is 3. The molecule has 0 radical (unpaired) electrons. The lowest BCUT2D eigenvalue weighted by Crippen LogP contribution is -2.19. The molecule has 1 aliphatic rings. The molecule has 0 atom stereocenters. The highest BCUT2D eigenvalue weighted by Crippen LogP contribution is 2.27. The van der Waals surface area contributed by atoms with Crippen LogP contribution < -0.4 is 14.8 Å². The zero-order valence-corrected chi connectivity index (χ0v) is 13.4. The van der Waals surface area contributed by atoms with E-state index in [1.165, 1.54) is 11.8 Å². The number of benzene rings is 1. The van der Waals surface area contributed by atoms with E-state index in [2.05, 4.69) is 21.6 Å². The Kier molecular flexibility index (Phi) is 6.44. The monoisotopic (exact) mass is 332 g/mol. The molecule has 1 saturated heterocycles. The maximum Gasteiger partial charge on any atom is 0.236 e. The highest BCUT2D eigenvalue weighted by molar-refractivity contribution is 8.15. The fourth-order valence-corrected chi connectivity index (χ4v) is 2.38. The Bertz CT molecular complexity index is 667. The zero-order chi connectivity index (χ0) is 16.5. The number of unbranched alkanes of at least 4 members (excludes halogenated alkanes) is 1. The summed E-state index contributed by atoms with van der Waals surface area (Å²) < 4.78 is 10.9. The summed E-state index contributed by atoms with van der Waals surface area (Å²) in [6, 6.07) is 7.46. The average Bonchev–Trinajstić information content (AvgIpc) is 2.97. The minimum absolute atomic E-state index is 0.0681. The molecule has 0 bridgehead atoms. The molecule has 1 amide bonds. The number of amidine groups is 1. The predicted octanol–water partition coefficient (Wildman–Crippen LogP) is 1.93. The topological polar surface area (TPSA) is 96.1 Å². The molecule has 1 aromatic rings. The highest BCUT2D eigenvalue weighted by atomic mass is 32.2. The Morgan fingerprint density at radius 1 is 1.48 bits per heavy atom. The van der Waals surface area contributed by atoms with E-state index in [1.807, 2.05) is 6.07 Å². The second-order valence-corrected chi connectivity index (χ2v) is 5.47. The van der Waals surface area contributed by atoms with E-state index in [9.17, 15) is 4.79 Å². The Balaban J connectivity index is 2.01. The van der Waals surface area contributed by atoms with Gasteiger partial charge in [0.2, 0.25) is 5.91 Å². The standard InChI is InChI=1S/C15H16N4O3S/c1-21-12-5-4-11(8-13(12)22-7-3-2-6-16)9-17-19-15-18-14(20)10-23-15/h4-5,8-9H,2-3,7,10H2,1H3,(H,18,19,20). The molecule has 2 rings (SSSR count). The molecular formula is C15H16N4O3S. The molecule has 1 N–H and O–H groups in total. The summed E-state index contributed by atoms with van der Waals surface area (Å²) in [6.07, 6.45) is 2.67. The van der Waals surface area contributed by atoms with Crippen LogP contribution >= 0.6 is 11.8 Å². The first-order chi connectivity index (χ1) is 11.2. The molecule has 8 heteroatoms. The van der Waals surface area contributed by atoms with Gasteiger partial charge in [0.15, 0.2) is 16.7 Å². The third kappa shape index (κ3) is 5.30. The number of rotatable bonds is 7. The first-order valence-electron chi connectivity index (χ1n) is 6.94. The number of methoxy groups -OCH3 is 1. The summed E-state index contributed by atoms with van der Waals surface area (Å²) in [6.45, 7) is 0.440. The van der Waals surface area contributed by atoms with Gasteiger partial charge in [0, 0.05) is 6.42 Å². The van der Waals surface area contributed by atoms with E-state index < -0.39 is 0 Å². The first kappa shape index (κ1) is 16.8. The Hall–Kier alpha value is -2.53. The smallest absolute Gasteiger partial charge is 0.236 e. The molecular weight excluding hydrogens is 316 g/mol. The highest BCUT2D eigenvalue weighted by Gasteiger charge is 2.15. The van der Waals surface area contributed by atoms with Crippen LogP contribution in [0.4, 0.5) is 0 Å². The fraction of sp³-hybridized carbons (Fsp3) is 0.333. The van der Waals surface area contributed by atoms with E-state index in [4.69, 9.17) is 14.7 Å². The molecule has 0 unspecified atom stereocenters. The van der Waals surface area contributed by atoms with Crippen molar-refractivity contribution in [3.63, 3.8) is 0 Å². The van der Waals surface area contributed by atoms with Crippen molar-refractivity contribution >= 4 is 29.1 Å². The van der Waals surface area contributed by atoms with Crippen LogP contribution in [0.25, 0.3) is 0 Å². The zero-order valence-electron chi connectivity index (χ0n) is 12.6. The van der Waals surface area contributed by atoms with Gasteiger partial charge in [0.05, 0.1) is 31.8 Å². The van der Waals surface area contributed by atoms with E-state index in [-0.39, 0.29) is 5.91 Å². The normalized spacial score (nSPS) is 15.7. The van der Waals surface area contributed by atoms with Crippen molar-refractivity contribution in [1.82, 2.24) is 5.32 Å². The van der Waals surface area contributed by atoms with Gasteiger partial charge in [0.25, 0.3) is 0 Å². The Morgan fingerprint density at radius 2 is 2.35 bits per heavy atom. The summed E-state index contributed by atoms with van der Waals surface area (Å²) in [5, 5.41) is 19.5. The van der Waals surface area contributed by atoms with Crippen molar-refractivity contribution in [2.24, 2.45) is 10.2 Å². The molecule has 1 aromatic carbocycles. The molecule has 0 aliphatic carbocycles. The second-order valence-electron chi connectivity index (χ2n) is 4.51. The maximum absolute atomic E-state index is 11.0. The second kappa shape index (κ2) is 8.80. The van der Waals surface area contributed by atoms with E-state index in [1.54, 1.807) is 25.5 Å². The van der Waals surface area contributed by atoms with Crippen LogP contribution in [-0.4, -0.2) is 36.8 Å². The van der Waals surface area contributed by atoms with Crippen molar-refractivity contribution in [3.05, 3.63) is 23.8 Å². The molecule has 0 aromatic heterocycles. The maximum atomic E-state index is 11.0. The summed E-state index contributed by atoms with van der Waals surface area (Å²) in [7, 11) is 1.57. The van der Waals surface area contributed by atoms with Crippen molar-refractivity contribution in [2.75, 3.05) is 19.5 Å². The molecule has 0 spiro atoms. The molecule has 1 fully saturated rings. The lowest BCUT2D eigenvalue weighted by Gasteiger charge is -2.10. The summed E-state index contributed by atoms with van der Waals surface area (Å²) in [5.74, 6) is 1.51. The molecule has 0 saturated carbocycles. The summed E-state index contributed by atoms with van der Waals surface area (Å²) in [5.41, 5.74) is 0.791. The Morgan fingerprint density at radius 3 is 3.04 bits per heavy atom. The van der Waals surface area contributed by atoms with Gasteiger partial charge in [-0.3, -0.25) is 4.79 Å². The SMILES string of the molecule is COc1ccc(C=NN=C2NC(=O)CS2)cc1OCCCC#N. The number of nitrogens with one attached hydrogen (secondary N) is 1. The van der Waals surface area contributed by atoms with Crippen LogP contribution in [0, 0.1) is 11.3 Å². The minimum atomic E-state index is -0.0681. The van der Waals surface area contributed by atoms with Crippen molar-refractivity contribution < 1.29 is 14.3 Å². The van der Waals surface area contributed by atoms with Crippen LogP contribution in [0.1, 0.15) is 18.4 Å². The number of nitriles is 1. The largest absolute Gasteiger partial charge is 0.493 e. The van der Waals surface area contributed by atoms with Gasteiger partial charge >= 0.3 is 0 Å². The van der Waals surface area contributed by atoms with E-state index >= 15 is 0 Å². The third-order valence-electron chi connectivity index (χ3n) is 2.82. The van der Waals surface area contributed by atoms with E-state index in [0.717, 1.165) is 5.56 Å². The van der Waals surface area contributed by atoms with Crippen LogP contribution in [-0.2, 0) is 4.79 Å². The molecule has 1 heterocycles. The van der Waals surface area contributed by atoms with Gasteiger partial charge in [-0.25, -0.2) is 0 Å².